The van der Waals surface area contributed by atoms with Gasteiger partial charge in [-0.25, -0.2) is 17.9 Å². The summed E-state index contributed by atoms with van der Waals surface area (Å²) in [6.07, 6.45) is 0.889. The van der Waals surface area contributed by atoms with E-state index in [9.17, 15) is 13.2 Å². The SMILES string of the molecule is O=C(O)c1ccc(S(=O)(=O)NCC2CC(O)C2)s1. The molecule has 0 atom stereocenters. The standard InChI is InChI=1S/C10H13NO5S2/c12-7-3-6(4-7)5-11-18(15,16)9-2-1-8(17-9)10(13)14/h1-2,6-7,11-12H,3-5H2,(H,13,14). The molecular weight excluding hydrogens is 278 g/mol. The normalized spacial score (nSPS) is 23.6. The van der Waals surface area contributed by atoms with Crippen molar-refractivity contribution >= 4 is 27.3 Å². The Labute approximate surface area is 108 Å². The molecule has 0 aliphatic heterocycles. The van der Waals surface area contributed by atoms with Crippen LogP contribution in [0.2, 0.25) is 0 Å². The summed E-state index contributed by atoms with van der Waals surface area (Å²) < 4.78 is 26.1. The number of nitrogens with one attached hydrogen (secondary N) is 1. The first-order valence-electron chi connectivity index (χ1n) is 5.39. The Morgan fingerprint density at radius 2 is 2.11 bits per heavy atom. The van der Waals surface area contributed by atoms with E-state index in [1.807, 2.05) is 0 Å². The van der Waals surface area contributed by atoms with E-state index in [0.717, 1.165) is 11.3 Å². The summed E-state index contributed by atoms with van der Waals surface area (Å²) in [6.45, 7) is 0.277. The number of carbonyl (C=O) groups is 1. The predicted molar refractivity (Wildman–Crippen MR) is 65.2 cm³/mol. The molecule has 1 fully saturated rings. The van der Waals surface area contributed by atoms with E-state index < -0.39 is 16.0 Å². The van der Waals surface area contributed by atoms with Gasteiger partial charge in [0.2, 0.25) is 10.0 Å². The van der Waals surface area contributed by atoms with Crippen LogP contribution in [0, 0.1) is 5.92 Å². The molecule has 0 radical (unpaired) electrons. The van der Waals surface area contributed by atoms with Crippen molar-refractivity contribution in [3.05, 3.63) is 17.0 Å². The van der Waals surface area contributed by atoms with Crippen molar-refractivity contribution in [2.24, 2.45) is 5.92 Å². The molecule has 0 aromatic carbocycles. The van der Waals surface area contributed by atoms with Gasteiger partial charge in [0.1, 0.15) is 9.09 Å². The van der Waals surface area contributed by atoms with Gasteiger partial charge in [-0.2, -0.15) is 0 Å². The molecule has 1 saturated carbocycles. The fourth-order valence-electron chi connectivity index (χ4n) is 1.75. The van der Waals surface area contributed by atoms with Crippen molar-refractivity contribution in [3.8, 4) is 0 Å². The van der Waals surface area contributed by atoms with Crippen molar-refractivity contribution < 1.29 is 23.4 Å². The highest BCUT2D eigenvalue weighted by Crippen LogP contribution is 2.27. The molecule has 0 saturated heterocycles. The first kappa shape index (κ1) is 13.5. The molecule has 0 unspecified atom stereocenters. The van der Waals surface area contributed by atoms with E-state index in [4.69, 9.17) is 10.2 Å². The predicted octanol–water partition coefficient (Wildman–Crippen LogP) is 0.495. The zero-order valence-corrected chi connectivity index (χ0v) is 11.0. The number of aromatic carboxylic acids is 1. The van der Waals surface area contributed by atoms with E-state index in [0.29, 0.717) is 12.8 Å². The fourth-order valence-corrected chi connectivity index (χ4v) is 4.05. The monoisotopic (exact) mass is 291 g/mol. The second-order valence-electron chi connectivity index (χ2n) is 4.27. The summed E-state index contributed by atoms with van der Waals surface area (Å²) in [5, 5.41) is 17.8. The summed E-state index contributed by atoms with van der Waals surface area (Å²) in [4.78, 5) is 10.7. The molecule has 6 nitrogen and oxygen atoms in total. The zero-order chi connectivity index (χ0) is 13.3. The van der Waals surface area contributed by atoms with Crippen LogP contribution in [0.25, 0.3) is 0 Å². The Hall–Kier alpha value is -0.960. The van der Waals surface area contributed by atoms with E-state index in [-0.39, 0.29) is 27.7 Å². The van der Waals surface area contributed by atoms with Crippen LogP contribution in [0.4, 0.5) is 0 Å². The van der Waals surface area contributed by atoms with E-state index in [1.165, 1.54) is 12.1 Å². The number of aliphatic hydroxyl groups excluding tert-OH is 1. The van der Waals surface area contributed by atoms with Gasteiger partial charge in [-0.05, 0) is 30.9 Å². The molecule has 1 aliphatic rings. The molecule has 0 amide bonds. The van der Waals surface area contributed by atoms with Crippen LogP contribution in [0.15, 0.2) is 16.3 Å². The molecule has 1 aromatic heterocycles. The third-order valence-corrected chi connectivity index (χ3v) is 5.82. The largest absolute Gasteiger partial charge is 0.477 e. The van der Waals surface area contributed by atoms with Crippen LogP contribution in [0.3, 0.4) is 0 Å². The number of sulfonamides is 1. The van der Waals surface area contributed by atoms with Gasteiger partial charge in [-0.15, -0.1) is 11.3 Å². The minimum absolute atomic E-state index is 0.000211. The molecule has 2 rings (SSSR count). The number of carboxylic acid groups (broad SMARTS) is 1. The van der Waals surface area contributed by atoms with Crippen LogP contribution in [0.5, 0.6) is 0 Å². The third kappa shape index (κ3) is 2.89. The maximum Gasteiger partial charge on any atom is 0.345 e. The van der Waals surface area contributed by atoms with Gasteiger partial charge in [0.25, 0.3) is 0 Å². The minimum atomic E-state index is -3.64. The molecule has 1 aliphatic carbocycles. The van der Waals surface area contributed by atoms with E-state index in [2.05, 4.69) is 4.72 Å². The lowest BCUT2D eigenvalue weighted by molar-refractivity contribution is 0.0453. The average molecular weight is 291 g/mol. The van der Waals surface area contributed by atoms with E-state index in [1.54, 1.807) is 0 Å². The van der Waals surface area contributed by atoms with Crippen molar-refractivity contribution in [1.82, 2.24) is 4.72 Å². The quantitative estimate of drug-likeness (QED) is 0.732. The number of aliphatic hydroxyl groups is 1. The van der Waals surface area contributed by atoms with Gasteiger partial charge < -0.3 is 10.2 Å². The number of hydrogen-bond donors (Lipinski definition) is 3. The lowest BCUT2D eigenvalue weighted by Crippen LogP contribution is -2.38. The van der Waals surface area contributed by atoms with Gasteiger partial charge >= 0.3 is 5.97 Å². The van der Waals surface area contributed by atoms with Crippen molar-refractivity contribution in [2.75, 3.05) is 6.54 Å². The van der Waals surface area contributed by atoms with Crippen LogP contribution >= 0.6 is 11.3 Å². The van der Waals surface area contributed by atoms with E-state index >= 15 is 0 Å². The van der Waals surface area contributed by atoms with Crippen LogP contribution in [-0.4, -0.2) is 37.2 Å². The van der Waals surface area contributed by atoms with Crippen molar-refractivity contribution in [3.63, 3.8) is 0 Å². The second kappa shape index (κ2) is 4.96. The third-order valence-electron chi connectivity index (χ3n) is 2.83. The number of rotatable bonds is 5. The highest BCUT2D eigenvalue weighted by molar-refractivity contribution is 7.91. The zero-order valence-electron chi connectivity index (χ0n) is 9.37. The topological polar surface area (TPSA) is 104 Å². The first-order valence-corrected chi connectivity index (χ1v) is 7.69. The molecular formula is C10H13NO5S2. The second-order valence-corrected chi connectivity index (χ2v) is 7.34. The summed E-state index contributed by atoms with van der Waals surface area (Å²) >= 11 is 0.726. The van der Waals surface area contributed by atoms with Crippen molar-refractivity contribution in [2.45, 2.75) is 23.2 Å². The lowest BCUT2D eigenvalue weighted by Gasteiger charge is -2.31. The molecule has 1 heterocycles. The molecule has 100 valence electrons. The first-order chi connectivity index (χ1) is 8.38. The van der Waals surface area contributed by atoms with Gasteiger partial charge in [-0.1, -0.05) is 0 Å². The van der Waals surface area contributed by atoms with Crippen molar-refractivity contribution in [1.29, 1.82) is 0 Å². The van der Waals surface area contributed by atoms with Gasteiger partial charge in [-0.3, -0.25) is 0 Å². The Balaban J connectivity index is 1.99. The van der Waals surface area contributed by atoms with Gasteiger partial charge in [0, 0.05) is 6.54 Å². The van der Waals surface area contributed by atoms with Crippen LogP contribution < -0.4 is 4.72 Å². The Bertz CT molecular complexity index is 544. The molecule has 0 spiro atoms. The molecule has 18 heavy (non-hydrogen) atoms. The summed E-state index contributed by atoms with van der Waals surface area (Å²) in [7, 11) is -3.64. The summed E-state index contributed by atoms with van der Waals surface area (Å²) in [5.41, 5.74) is 0. The smallest absolute Gasteiger partial charge is 0.345 e. The maximum atomic E-state index is 11.8. The average Bonchev–Trinajstić information content (AvgIpc) is 2.72. The number of thiophene rings is 1. The number of carboxylic acids is 1. The van der Waals surface area contributed by atoms with Gasteiger partial charge in [0.15, 0.2) is 0 Å². The lowest BCUT2D eigenvalue weighted by atomic mass is 9.83. The number of hydrogen-bond acceptors (Lipinski definition) is 5. The van der Waals surface area contributed by atoms with Crippen LogP contribution in [0.1, 0.15) is 22.5 Å². The van der Waals surface area contributed by atoms with Gasteiger partial charge in [0.05, 0.1) is 6.10 Å². The Morgan fingerprint density at radius 3 is 2.61 bits per heavy atom. The molecule has 3 N–H and O–H groups in total. The fraction of sp³-hybridized carbons (Fsp3) is 0.500. The van der Waals surface area contributed by atoms with Crippen LogP contribution in [-0.2, 0) is 10.0 Å². The molecule has 0 bridgehead atoms. The Morgan fingerprint density at radius 1 is 1.44 bits per heavy atom. The highest BCUT2D eigenvalue weighted by Gasteiger charge is 2.29. The summed E-state index contributed by atoms with van der Waals surface area (Å²) in [5.74, 6) is -0.975. The Kier molecular flexibility index (Phi) is 3.71. The summed E-state index contributed by atoms with van der Waals surface area (Å²) in [6, 6.07) is 2.56. The highest BCUT2D eigenvalue weighted by atomic mass is 32.2. The molecule has 1 aromatic rings. The molecule has 8 heteroatoms. The maximum absolute atomic E-state index is 11.8. The minimum Gasteiger partial charge on any atom is -0.477 e.